The third-order valence-electron chi connectivity index (χ3n) is 5.80. The summed E-state index contributed by atoms with van der Waals surface area (Å²) < 4.78 is 5.51. The lowest BCUT2D eigenvalue weighted by atomic mass is 9.98. The second-order valence-corrected chi connectivity index (χ2v) is 10.8. The summed E-state index contributed by atoms with van der Waals surface area (Å²) in [5.74, 6) is -0.458. The van der Waals surface area contributed by atoms with Gasteiger partial charge >= 0.3 is 12.1 Å². The minimum Gasteiger partial charge on any atom is -0.480 e. The molecule has 0 aromatic heterocycles. The van der Waals surface area contributed by atoms with Crippen LogP contribution in [0, 0.1) is 0 Å². The average molecular weight is 546 g/mol. The van der Waals surface area contributed by atoms with Crippen LogP contribution in [-0.4, -0.2) is 64.4 Å². The highest BCUT2D eigenvalue weighted by Gasteiger charge is 2.30. The van der Waals surface area contributed by atoms with E-state index in [0.29, 0.717) is 17.5 Å². The van der Waals surface area contributed by atoms with Crippen LogP contribution in [0.1, 0.15) is 37.3 Å². The van der Waals surface area contributed by atoms with Crippen LogP contribution in [0.5, 0.6) is 0 Å². The molecule has 2 aromatic carbocycles. The van der Waals surface area contributed by atoms with Crippen molar-refractivity contribution in [1.29, 1.82) is 0 Å². The molecule has 0 saturated heterocycles. The van der Waals surface area contributed by atoms with Crippen LogP contribution in [0.3, 0.4) is 0 Å². The monoisotopic (exact) mass is 545 g/mol. The van der Waals surface area contributed by atoms with Gasteiger partial charge < -0.3 is 25.8 Å². The van der Waals surface area contributed by atoms with Gasteiger partial charge in [-0.25, -0.2) is 9.59 Å². The number of carbonyl (C=O) groups is 4. The Hall–Kier alpha value is -3.18. The number of hydrogen-bond donors (Lipinski definition) is 4. The molecular formula is C26H31N3O6S2. The SMILES string of the molecule is CC(=O)NCSC[C@@H](C[C@H](NC(=O)OCC1c2ccccc2-c2ccccc21)C(=O)O)SCNC(C)=O. The fourth-order valence-corrected chi connectivity index (χ4v) is 6.40. The zero-order chi connectivity index (χ0) is 26.8. The normalized spacial score (nSPS) is 13.6. The lowest BCUT2D eigenvalue weighted by Crippen LogP contribution is -2.43. The summed E-state index contributed by atoms with van der Waals surface area (Å²) in [6.45, 7) is 2.90. The molecule has 198 valence electrons. The maximum Gasteiger partial charge on any atom is 0.407 e. The van der Waals surface area contributed by atoms with E-state index in [4.69, 9.17) is 4.74 Å². The highest BCUT2D eigenvalue weighted by Crippen LogP contribution is 2.44. The zero-order valence-electron chi connectivity index (χ0n) is 20.7. The highest BCUT2D eigenvalue weighted by atomic mass is 32.2. The summed E-state index contributed by atoms with van der Waals surface area (Å²) >= 11 is 2.81. The Labute approximate surface area is 224 Å². The standard InChI is InChI=1S/C26H31N3O6S2/c1-16(30)27-14-36-13-18(37-15-28-17(2)31)11-24(25(32)33)29-26(34)35-12-23-21-9-5-3-7-19(21)20-8-4-6-10-22(20)23/h3-10,18,23-24H,11-15H2,1-2H3,(H,27,30)(H,28,31)(H,29,34)(H,32,33)/t18-,24+/m1/s1. The number of aliphatic carboxylic acids is 1. The molecule has 37 heavy (non-hydrogen) atoms. The van der Waals surface area contributed by atoms with Gasteiger partial charge in [-0.15, -0.1) is 23.5 Å². The van der Waals surface area contributed by atoms with E-state index in [1.807, 2.05) is 48.5 Å². The van der Waals surface area contributed by atoms with Gasteiger partial charge in [0.05, 0.1) is 11.8 Å². The first-order valence-corrected chi connectivity index (χ1v) is 14.0. The number of carbonyl (C=O) groups excluding carboxylic acids is 3. The molecule has 2 atom stereocenters. The number of ether oxygens (including phenoxy) is 1. The molecule has 0 heterocycles. The number of carboxylic acid groups (broad SMARTS) is 1. The van der Waals surface area contributed by atoms with Crippen LogP contribution in [0.2, 0.25) is 0 Å². The Morgan fingerprint density at radius 3 is 2.05 bits per heavy atom. The van der Waals surface area contributed by atoms with Crippen LogP contribution in [0.4, 0.5) is 4.79 Å². The van der Waals surface area contributed by atoms with E-state index < -0.39 is 18.1 Å². The van der Waals surface area contributed by atoms with Gasteiger partial charge in [0.2, 0.25) is 11.8 Å². The minimum atomic E-state index is -1.18. The molecule has 0 unspecified atom stereocenters. The second-order valence-electron chi connectivity index (χ2n) is 8.51. The number of nitrogens with one attached hydrogen (secondary N) is 3. The summed E-state index contributed by atoms with van der Waals surface area (Å²) in [4.78, 5) is 46.9. The third kappa shape index (κ3) is 8.43. The molecule has 0 aliphatic heterocycles. The number of hydrogen-bond acceptors (Lipinski definition) is 7. The summed E-state index contributed by atoms with van der Waals surface area (Å²) in [7, 11) is 0. The van der Waals surface area contributed by atoms with E-state index in [1.165, 1.54) is 37.4 Å². The molecular weight excluding hydrogens is 514 g/mol. The average Bonchev–Trinajstić information content (AvgIpc) is 3.18. The van der Waals surface area contributed by atoms with Crippen molar-refractivity contribution in [2.24, 2.45) is 0 Å². The Morgan fingerprint density at radius 2 is 1.49 bits per heavy atom. The summed E-state index contributed by atoms with van der Waals surface area (Å²) in [5, 5.41) is 17.4. The largest absolute Gasteiger partial charge is 0.480 e. The molecule has 11 heteroatoms. The van der Waals surface area contributed by atoms with E-state index in [-0.39, 0.29) is 36.0 Å². The first-order valence-electron chi connectivity index (χ1n) is 11.8. The van der Waals surface area contributed by atoms with Gasteiger partial charge in [-0.2, -0.15) is 0 Å². The first kappa shape index (κ1) is 28.4. The number of rotatable bonds is 13. The van der Waals surface area contributed by atoms with Crippen molar-refractivity contribution in [3.63, 3.8) is 0 Å². The number of carboxylic acids is 1. The number of amides is 3. The molecule has 4 N–H and O–H groups in total. The van der Waals surface area contributed by atoms with Gasteiger partial charge in [0, 0.05) is 30.8 Å². The second kappa shape index (κ2) is 13.9. The highest BCUT2D eigenvalue weighted by molar-refractivity contribution is 8.03. The molecule has 1 aliphatic rings. The van der Waals surface area contributed by atoms with Crippen LogP contribution >= 0.6 is 23.5 Å². The Bertz CT molecular complexity index is 1080. The minimum absolute atomic E-state index is 0.0828. The van der Waals surface area contributed by atoms with Crippen molar-refractivity contribution in [3.05, 3.63) is 59.7 Å². The van der Waals surface area contributed by atoms with Crippen molar-refractivity contribution in [3.8, 4) is 11.1 Å². The van der Waals surface area contributed by atoms with Gasteiger partial charge in [0.25, 0.3) is 0 Å². The van der Waals surface area contributed by atoms with Crippen LogP contribution in [0.15, 0.2) is 48.5 Å². The molecule has 0 radical (unpaired) electrons. The van der Waals surface area contributed by atoms with Crippen molar-refractivity contribution in [1.82, 2.24) is 16.0 Å². The fraction of sp³-hybridized carbons (Fsp3) is 0.385. The number of benzene rings is 2. The molecule has 0 fully saturated rings. The molecule has 2 aromatic rings. The van der Waals surface area contributed by atoms with Gasteiger partial charge in [-0.1, -0.05) is 48.5 Å². The maximum absolute atomic E-state index is 12.6. The van der Waals surface area contributed by atoms with E-state index in [2.05, 4.69) is 16.0 Å². The Morgan fingerprint density at radius 1 is 0.919 bits per heavy atom. The summed E-state index contributed by atoms with van der Waals surface area (Å²) in [6.07, 6.45) is -0.678. The Balaban J connectivity index is 1.59. The smallest absolute Gasteiger partial charge is 0.407 e. The van der Waals surface area contributed by atoms with Gasteiger partial charge in [0.1, 0.15) is 12.6 Å². The van der Waals surface area contributed by atoms with E-state index in [0.717, 1.165) is 22.3 Å². The quantitative estimate of drug-likeness (QED) is 0.222. The number of fused-ring (bicyclic) bond motifs is 3. The summed E-state index contributed by atoms with van der Waals surface area (Å²) in [6, 6.07) is 14.8. The zero-order valence-corrected chi connectivity index (χ0v) is 22.3. The molecule has 0 spiro atoms. The van der Waals surface area contributed by atoms with E-state index in [1.54, 1.807) is 0 Å². The molecule has 9 nitrogen and oxygen atoms in total. The predicted octanol–water partition coefficient (Wildman–Crippen LogP) is 3.39. The molecule has 0 saturated carbocycles. The first-order chi connectivity index (χ1) is 17.8. The number of thioether (sulfide) groups is 2. The van der Waals surface area contributed by atoms with Crippen molar-refractivity contribution >= 4 is 47.4 Å². The molecule has 3 rings (SSSR count). The van der Waals surface area contributed by atoms with Gasteiger partial charge in [-0.05, 0) is 28.7 Å². The van der Waals surface area contributed by atoms with Crippen molar-refractivity contribution < 1.29 is 29.0 Å². The van der Waals surface area contributed by atoms with Crippen molar-refractivity contribution in [2.75, 3.05) is 24.1 Å². The molecule has 1 aliphatic carbocycles. The van der Waals surface area contributed by atoms with Crippen molar-refractivity contribution in [2.45, 2.75) is 37.5 Å². The van der Waals surface area contributed by atoms with Gasteiger partial charge in [-0.3, -0.25) is 9.59 Å². The fourth-order valence-electron chi connectivity index (χ4n) is 4.06. The third-order valence-corrected chi connectivity index (χ3v) is 8.14. The number of alkyl carbamates (subject to hydrolysis) is 1. The maximum atomic E-state index is 12.6. The lowest BCUT2D eigenvalue weighted by Gasteiger charge is -2.22. The van der Waals surface area contributed by atoms with E-state index in [9.17, 15) is 24.3 Å². The van der Waals surface area contributed by atoms with E-state index >= 15 is 0 Å². The van der Waals surface area contributed by atoms with Crippen LogP contribution in [-0.2, 0) is 19.1 Å². The topological polar surface area (TPSA) is 134 Å². The van der Waals surface area contributed by atoms with Crippen LogP contribution in [0.25, 0.3) is 11.1 Å². The molecule has 3 amide bonds. The van der Waals surface area contributed by atoms with Crippen LogP contribution < -0.4 is 16.0 Å². The summed E-state index contributed by atoms with van der Waals surface area (Å²) in [5.41, 5.74) is 4.34. The lowest BCUT2D eigenvalue weighted by molar-refractivity contribution is -0.139. The predicted molar refractivity (Wildman–Crippen MR) is 145 cm³/mol. The molecule has 0 bridgehead atoms. The van der Waals surface area contributed by atoms with Gasteiger partial charge in [0.15, 0.2) is 0 Å². The Kier molecular flexibility index (Phi) is 10.7.